The van der Waals surface area contributed by atoms with Crippen molar-refractivity contribution in [2.75, 3.05) is 19.6 Å². The van der Waals surface area contributed by atoms with E-state index in [1.165, 1.54) is 12.8 Å². The van der Waals surface area contributed by atoms with Gasteiger partial charge in [-0.25, -0.2) is 0 Å². The second-order valence-corrected chi connectivity index (χ2v) is 7.11. The van der Waals surface area contributed by atoms with E-state index in [1.807, 2.05) is 29.2 Å². The van der Waals surface area contributed by atoms with E-state index in [0.29, 0.717) is 28.9 Å². The summed E-state index contributed by atoms with van der Waals surface area (Å²) in [6.07, 6.45) is 4.77. The second kappa shape index (κ2) is 8.18. The number of hydrogen-bond acceptors (Lipinski definition) is 5. The lowest BCUT2D eigenvalue weighted by Crippen LogP contribution is -2.45. The maximum absolute atomic E-state index is 13.0. The van der Waals surface area contributed by atoms with Crippen molar-refractivity contribution in [2.45, 2.75) is 38.6 Å². The molecule has 0 atom stereocenters. The topological polar surface area (TPSA) is 71.3 Å². The Morgan fingerprint density at radius 1 is 1.23 bits per heavy atom. The summed E-state index contributed by atoms with van der Waals surface area (Å²) in [5.74, 6) is 1.92. The van der Waals surface area contributed by atoms with Crippen molar-refractivity contribution in [1.29, 1.82) is 0 Å². The molecule has 0 radical (unpaired) electrons. The van der Waals surface area contributed by atoms with Crippen LogP contribution in [0.4, 0.5) is 0 Å². The Morgan fingerprint density at radius 2 is 1.96 bits per heavy atom. The molecule has 0 unspecified atom stereocenters. The van der Waals surface area contributed by atoms with Gasteiger partial charge in [-0.05, 0) is 57.2 Å². The number of aryl methyl sites for hydroxylation is 1. The van der Waals surface area contributed by atoms with Crippen molar-refractivity contribution in [1.82, 2.24) is 20.4 Å². The molecule has 1 saturated heterocycles. The molecule has 7 heteroatoms. The van der Waals surface area contributed by atoms with Crippen molar-refractivity contribution >= 4 is 18.3 Å². The number of amides is 1. The summed E-state index contributed by atoms with van der Waals surface area (Å²) in [6.45, 7) is 4.49. The van der Waals surface area contributed by atoms with Gasteiger partial charge in [-0.1, -0.05) is 17.3 Å². The highest BCUT2D eigenvalue weighted by Crippen LogP contribution is 2.28. The molecule has 2 aromatic rings. The van der Waals surface area contributed by atoms with Crippen LogP contribution >= 0.6 is 12.4 Å². The van der Waals surface area contributed by atoms with Gasteiger partial charge in [0.05, 0.1) is 11.1 Å². The van der Waals surface area contributed by atoms with Gasteiger partial charge in [-0.15, -0.1) is 12.4 Å². The minimum atomic E-state index is 0. The number of rotatable bonds is 5. The van der Waals surface area contributed by atoms with Crippen molar-refractivity contribution in [2.24, 2.45) is 5.92 Å². The van der Waals surface area contributed by atoms with Gasteiger partial charge in [-0.2, -0.15) is 4.98 Å². The van der Waals surface area contributed by atoms with Crippen molar-refractivity contribution in [3.63, 3.8) is 0 Å². The number of piperidine rings is 1. The summed E-state index contributed by atoms with van der Waals surface area (Å²) < 4.78 is 5.26. The quantitative estimate of drug-likeness (QED) is 0.868. The molecule has 1 aliphatic carbocycles. The normalized spacial score (nSPS) is 17.8. The molecule has 4 rings (SSSR count). The summed E-state index contributed by atoms with van der Waals surface area (Å²) in [7, 11) is 0. The van der Waals surface area contributed by atoms with E-state index in [4.69, 9.17) is 4.52 Å². The zero-order valence-corrected chi connectivity index (χ0v) is 15.8. The predicted molar refractivity (Wildman–Crippen MR) is 101 cm³/mol. The number of benzene rings is 1. The van der Waals surface area contributed by atoms with Crippen LogP contribution in [0.5, 0.6) is 0 Å². The van der Waals surface area contributed by atoms with Gasteiger partial charge in [0.25, 0.3) is 11.8 Å². The third-order valence-electron chi connectivity index (χ3n) is 5.09. The Kier molecular flexibility index (Phi) is 5.94. The van der Waals surface area contributed by atoms with E-state index in [0.717, 1.165) is 38.4 Å². The number of nitrogens with one attached hydrogen (secondary N) is 1. The average molecular weight is 377 g/mol. The third kappa shape index (κ3) is 4.24. The highest BCUT2D eigenvalue weighted by molar-refractivity contribution is 6.00. The van der Waals surface area contributed by atoms with E-state index in [1.54, 1.807) is 6.92 Å². The first-order valence-electron chi connectivity index (χ1n) is 9.13. The highest BCUT2D eigenvalue weighted by atomic mass is 35.5. The molecule has 1 aromatic heterocycles. The largest absolute Gasteiger partial charge is 0.339 e. The number of carbonyl (C=O) groups excluding carboxylic acids is 1. The van der Waals surface area contributed by atoms with Crippen LogP contribution in [0.15, 0.2) is 28.8 Å². The Labute approximate surface area is 159 Å². The highest BCUT2D eigenvalue weighted by Gasteiger charge is 2.27. The van der Waals surface area contributed by atoms with Crippen molar-refractivity contribution < 1.29 is 9.32 Å². The van der Waals surface area contributed by atoms with Crippen LogP contribution in [0.1, 0.15) is 41.9 Å². The van der Waals surface area contributed by atoms with Gasteiger partial charge >= 0.3 is 0 Å². The van der Waals surface area contributed by atoms with Gasteiger partial charge in [-0.3, -0.25) is 4.79 Å². The van der Waals surface area contributed by atoms with Crippen LogP contribution in [0, 0.1) is 12.8 Å². The van der Waals surface area contributed by atoms with Crippen LogP contribution in [-0.4, -0.2) is 46.6 Å². The molecule has 1 aliphatic heterocycles. The lowest BCUT2D eigenvalue weighted by molar-refractivity contribution is 0.0705. The SMILES string of the molecule is Cc1noc(-c2ccccc2C(=O)N2CCC(NCC3CC3)CC2)n1.Cl. The van der Waals surface area contributed by atoms with Crippen LogP contribution in [0.2, 0.25) is 0 Å². The fourth-order valence-electron chi connectivity index (χ4n) is 3.37. The van der Waals surface area contributed by atoms with Gasteiger partial charge in [0.1, 0.15) is 0 Å². The van der Waals surface area contributed by atoms with E-state index in [-0.39, 0.29) is 18.3 Å². The third-order valence-corrected chi connectivity index (χ3v) is 5.09. The minimum absolute atomic E-state index is 0. The fraction of sp³-hybridized carbons (Fsp3) is 0.526. The summed E-state index contributed by atoms with van der Waals surface area (Å²) in [5.41, 5.74) is 1.35. The standard InChI is InChI=1S/C19H24N4O2.ClH/c1-13-21-18(25-22-13)16-4-2-3-5-17(16)19(24)23-10-8-15(9-11-23)20-12-14-6-7-14;/h2-5,14-15,20H,6-12H2,1H3;1H. The molecule has 26 heavy (non-hydrogen) atoms. The number of hydrogen-bond donors (Lipinski definition) is 1. The Balaban J connectivity index is 0.00000196. The zero-order valence-electron chi connectivity index (χ0n) is 15.0. The Morgan fingerprint density at radius 3 is 2.62 bits per heavy atom. The second-order valence-electron chi connectivity index (χ2n) is 7.11. The van der Waals surface area contributed by atoms with Crippen LogP contribution in [0.3, 0.4) is 0 Å². The first-order chi connectivity index (χ1) is 12.2. The molecule has 0 spiro atoms. The van der Waals surface area contributed by atoms with Gasteiger partial charge in [0.15, 0.2) is 5.82 Å². The lowest BCUT2D eigenvalue weighted by Gasteiger charge is -2.33. The van der Waals surface area contributed by atoms with E-state index in [2.05, 4.69) is 15.5 Å². The smallest absolute Gasteiger partial charge is 0.258 e. The first kappa shape index (κ1) is 18.9. The van der Waals surface area contributed by atoms with E-state index >= 15 is 0 Å². The summed E-state index contributed by atoms with van der Waals surface area (Å²) in [4.78, 5) is 19.2. The monoisotopic (exact) mass is 376 g/mol. The van der Waals surface area contributed by atoms with Crippen LogP contribution in [0.25, 0.3) is 11.5 Å². The molecular formula is C19H25ClN4O2. The summed E-state index contributed by atoms with van der Waals surface area (Å²) in [6, 6.07) is 8.01. The molecule has 140 valence electrons. The predicted octanol–water partition coefficient (Wildman–Crippen LogP) is 3.07. The zero-order chi connectivity index (χ0) is 17.2. The average Bonchev–Trinajstić information content (AvgIpc) is 3.39. The van der Waals surface area contributed by atoms with Crippen molar-refractivity contribution in [3.05, 3.63) is 35.7 Å². The van der Waals surface area contributed by atoms with Gasteiger partial charge in [0.2, 0.25) is 0 Å². The molecule has 1 amide bonds. The summed E-state index contributed by atoms with van der Waals surface area (Å²) >= 11 is 0. The fourth-order valence-corrected chi connectivity index (χ4v) is 3.37. The number of halogens is 1. The van der Waals surface area contributed by atoms with Gasteiger partial charge < -0.3 is 14.7 Å². The first-order valence-corrected chi connectivity index (χ1v) is 9.13. The Bertz CT molecular complexity index is 752. The minimum Gasteiger partial charge on any atom is -0.339 e. The maximum atomic E-state index is 13.0. The number of nitrogens with zero attached hydrogens (tertiary/aromatic N) is 3. The molecule has 1 aromatic carbocycles. The number of likely N-dealkylation sites (tertiary alicyclic amines) is 1. The summed E-state index contributed by atoms with van der Waals surface area (Å²) in [5, 5.41) is 7.49. The van der Waals surface area contributed by atoms with Crippen molar-refractivity contribution in [3.8, 4) is 11.5 Å². The van der Waals surface area contributed by atoms with Gasteiger partial charge in [0, 0.05) is 19.1 Å². The van der Waals surface area contributed by atoms with Crippen LogP contribution in [-0.2, 0) is 0 Å². The lowest BCUT2D eigenvalue weighted by atomic mass is 10.0. The maximum Gasteiger partial charge on any atom is 0.258 e. The molecule has 2 aliphatic rings. The molecule has 2 heterocycles. The molecule has 0 bridgehead atoms. The van der Waals surface area contributed by atoms with E-state index in [9.17, 15) is 4.79 Å². The molecule has 6 nitrogen and oxygen atoms in total. The molecular weight excluding hydrogens is 352 g/mol. The van der Waals surface area contributed by atoms with E-state index < -0.39 is 0 Å². The number of carbonyl (C=O) groups is 1. The molecule has 1 saturated carbocycles. The molecule has 1 N–H and O–H groups in total. The molecule has 2 fully saturated rings. The van der Waals surface area contributed by atoms with Crippen LogP contribution < -0.4 is 5.32 Å². The Hall–Kier alpha value is -1.92. The number of aromatic nitrogens is 2.